The fraction of sp³-hybridized carbons (Fsp3) is 0.588. The average molecular weight is 323 g/mol. The van der Waals surface area contributed by atoms with Crippen molar-refractivity contribution >= 4 is 16.7 Å². The van der Waals surface area contributed by atoms with Crippen molar-refractivity contribution in [3.05, 3.63) is 35.4 Å². The van der Waals surface area contributed by atoms with Gasteiger partial charge in [0.1, 0.15) is 5.75 Å². The van der Waals surface area contributed by atoms with Gasteiger partial charge in [-0.25, -0.2) is 0 Å². The second-order valence-corrected chi connectivity index (χ2v) is 7.59. The zero-order valence-corrected chi connectivity index (χ0v) is 14.1. The van der Waals surface area contributed by atoms with Crippen molar-refractivity contribution in [1.82, 2.24) is 4.90 Å². The van der Waals surface area contributed by atoms with Gasteiger partial charge in [0.05, 0.1) is 6.61 Å². The highest BCUT2D eigenvalue weighted by atomic mass is 32.2. The minimum Gasteiger partial charge on any atom is -0.392 e. The molecule has 1 amide bonds. The van der Waals surface area contributed by atoms with Gasteiger partial charge >= 0.3 is 0 Å². The molecule has 1 saturated heterocycles. The molecule has 3 unspecified atom stereocenters. The predicted octanol–water partition coefficient (Wildman–Crippen LogP) is 2.22. The molecule has 0 spiro atoms. The number of carbonyl (C=O) groups excluding carboxylic acids is 1. The molecule has 4 nitrogen and oxygen atoms in total. The molecule has 22 heavy (non-hydrogen) atoms. The van der Waals surface area contributed by atoms with Crippen LogP contribution < -0.4 is 0 Å². The van der Waals surface area contributed by atoms with Crippen LogP contribution in [0.3, 0.4) is 0 Å². The largest absolute Gasteiger partial charge is 0.392 e. The Hall–Kier alpha value is -1.20. The summed E-state index contributed by atoms with van der Waals surface area (Å²) in [6.45, 7) is 4.15. The highest BCUT2D eigenvalue weighted by Crippen LogP contribution is 2.22. The number of rotatable bonds is 5. The van der Waals surface area contributed by atoms with E-state index in [1.54, 1.807) is 0 Å². The summed E-state index contributed by atoms with van der Waals surface area (Å²) in [6.07, 6.45) is 3.23. The number of hydrogen-bond donors (Lipinski definition) is 1. The van der Waals surface area contributed by atoms with Gasteiger partial charge in [0.2, 0.25) is 5.91 Å². The molecule has 1 heterocycles. The molecule has 0 aromatic heterocycles. The molecule has 1 fully saturated rings. The number of likely N-dealkylation sites (tertiary alicyclic amines) is 1. The summed E-state index contributed by atoms with van der Waals surface area (Å²) in [5.41, 5.74) is 1.77. The molecule has 0 radical (unpaired) electrons. The lowest BCUT2D eigenvalue weighted by molar-refractivity contribution is -0.134. The summed E-state index contributed by atoms with van der Waals surface area (Å²) in [4.78, 5) is 14.3. The average Bonchev–Trinajstić information content (AvgIpc) is 2.47. The fourth-order valence-corrected chi connectivity index (χ4v) is 4.19. The van der Waals surface area contributed by atoms with E-state index < -0.39 is 10.8 Å². The minimum atomic E-state index is -1.19. The number of aliphatic hydroxyl groups excluding tert-OH is 1. The first-order valence-electron chi connectivity index (χ1n) is 7.86. The van der Waals surface area contributed by atoms with Crippen LogP contribution in [0.15, 0.2) is 24.3 Å². The molecule has 2 rings (SSSR count). The molecule has 1 aromatic carbocycles. The van der Waals surface area contributed by atoms with Crippen molar-refractivity contribution in [2.45, 2.75) is 57.6 Å². The number of benzene rings is 1. The number of carbonyl (C=O) groups is 1. The summed E-state index contributed by atoms with van der Waals surface area (Å²) >= 11 is 0. The molecule has 0 saturated carbocycles. The molecule has 5 heteroatoms. The Balaban J connectivity index is 1.91. The van der Waals surface area contributed by atoms with Gasteiger partial charge in [-0.3, -0.25) is 9.00 Å². The molecule has 1 N–H and O–H groups in total. The fourth-order valence-electron chi connectivity index (χ4n) is 3.10. The highest BCUT2D eigenvalue weighted by molar-refractivity contribution is 7.84. The molecule has 0 bridgehead atoms. The van der Waals surface area contributed by atoms with Crippen molar-refractivity contribution in [3.8, 4) is 0 Å². The lowest BCUT2D eigenvalue weighted by atomic mass is 9.98. The van der Waals surface area contributed by atoms with E-state index in [0.717, 1.165) is 30.4 Å². The Morgan fingerprint density at radius 2 is 1.73 bits per heavy atom. The van der Waals surface area contributed by atoms with Gasteiger partial charge in [0.25, 0.3) is 0 Å². The van der Waals surface area contributed by atoms with Crippen molar-refractivity contribution < 1.29 is 14.1 Å². The summed E-state index contributed by atoms with van der Waals surface area (Å²) in [7, 11) is -1.19. The molecule has 122 valence electrons. The predicted molar refractivity (Wildman–Crippen MR) is 88.7 cm³/mol. The highest BCUT2D eigenvalue weighted by Gasteiger charge is 2.29. The van der Waals surface area contributed by atoms with E-state index in [4.69, 9.17) is 5.11 Å². The van der Waals surface area contributed by atoms with Crippen LogP contribution in [-0.2, 0) is 28.0 Å². The van der Waals surface area contributed by atoms with Gasteiger partial charge in [-0.1, -0.05) is 24.3 Å². The lowest BCUT2D eigenvalue weighted by Crippen LogP contribution is -2.49. The number of amides is 1. The van der Waals surface area contributed by atoms with Crippen LogP contribution in [0.2, 0.25) is 0 Å². The first kappa shape index (κ1) is 17.2. The van der Waals surface area contributed by atoms with Crippen LogP contribution in [0.25, 0.3) is 0 Å². The van der Waals surface area contributed by atoms with E-state index in [0.29, 0.717) is 5.75 Å². The van der Waals surface area contributed by atoms with Gasteiger partial charge in [-0.2, -0.15) is 0 Å². The van der Waals surface area contributed by atoms with E-state index >= 15 is 0 Å². The van der Waals surface area contributed by atoms with E-state index in [9.17, 15) is 9.00 Å². The van der Waals surface area contributed by atoms with Gasteiger partial charge < -0.3 is 10.0 Å². The van der Waals surface area contributed by atoms with Gasteiger partial charge in [0, 0.05) is 28.6 Å². The smallest absolute Gasteiger partial charge is 0.235 e. The van der Waals surface area contributed by atoms with Crippen molar-refractivity contribution in [3.63, 3.8) is 0 Å². The maximum atomic E-state index is 12.4. The monoisotopic (exact) mass is 323 g/mol. The van der Waals surface area contributed by atoms with Crippen molar-refractivity contribution in [2.24, 2.45) is 0 Å². The number of nitrogens with zero attached hydrogens (tertiary/aromatic N) is 1. The van der Waals surface area contributed by atoms with Gasteiger partial charge in [-0.15, -0.1) is 0 Å². The second-order valence-electron chi connectivity index (χ2n) is 6.13. The zero-order chi connectivity index (χ0) is 16.1. The summed E-state index contributed by atoms with van der Waals surface area (Å²) < 4.78 is 12.2. The van der Waals surface area contributed by atoms with E-state index in [1.807, 2.05) is 29.2 Å². The number of hydrogen-bond acceptors (Lipinski definition) is 3. The Morgan fingerprint density at radius 3 is 2.27 bits per heavy atom. The topological polar surface area (TPSA) is 57.6 Å². The van der Waals surface area contributed by atoms with E-state index in [-0.39, 0.29) is 30.4 Å². The van der Waals surface area contributed by atoms with Crippen molar-refractivity contribution in [2.75, 3.05) is 5.75 Å². The second kappa shape index (κ2) is 7.88. The molecular formula is C17H25NO3S. The lowest BCUT2D eigenvalue weighted by Gasteiger charge is -2.39. The van der Waals surface area contributed by atoms with Crippen LogP contribution in [0, 0.1) is 0 Å². The molecule has 1 aliphatic heterocycles. The maximum absolute atomic E-state index is 12.4. The molecule has 0 aliphatic carbocycles. The maximum Gasteiger partial charge on any atom is 0.235 e. The third-order valence-electron chi connectivity index (χ3n) is 4.30. The van der Waals surface area contributed by atoms with E-state index in [1.165, 1.54) is 0 Å². The van der Waals surface area contributed by atoms with Crippen LogP contribution in [0.5, 0.6) is 0 Å². The third-order valence-corrected chi connectivity index (χ3v) is 5.52. The summed E-state index contributed by atoms with van der Waals surface area (Å²) in [5, 5.41) is 9.01. The Labute approximate surface area is 135 Å². The molecule has 1 aromatic rings. The van der Waals surface area contributed by atoms with Crippen LogP contribution in [0.4, 0.5) is 0 Å². The Bertz CT molecular complexity index is 519. The number of aliphatic hydroxyl groups is 1. The molecule has 1 aliphatic rings. The quantitative estimate of drug-likeness (QED) is 0.904. The number of piperidine rings is 1. The third kappa shape index (κ3) is 4.40. The Kier molecular flexibility index (Phi) is 6.15. The summed E-state index contributed by atoms with van der Waals surface area (Å²) in [5.74, 6) is 0.481. The van der Waals surface area contributed by atoms with Gasteiger partial charge in [0.15, 0.2) is 0 Å². The molecular weight excluding hydrogens is 298 g/mol. The minimum absolute atomic E-state index is 0.00464. The van der Waals surface area contributed by atoms with Crippen LogP contribution in [0.1, 0.15) is 44.2 Å². The SMILES string of the molecule is CC1CCCC(C)N1C(=O)CS(=O)Cc1ccc(CO)cc1. The van der Waals surface area contributed by atoms with Crippen molar-refractivity contribution in [1.29, 1.82) is 0 Å². The Morgan fingerprint density at radius 1 is 1.18 bits per heavy atom. The van der Waals surface area contributed by atoms with Crippen LogP contribution >= 0.6 is 0 Å². The van der Waals surface area contributed by atoms with E-state index in [2.05, 4.69) is 13.8 Å². The first-order valence-corrected chi connectivity index (χ1v) is 9.35. The van der Waals surface area contributed by atoms with Crippen LogP contribution in [-0.4, -0.2) is 38.0 Å². The molecule has 3 atom stereocenters. The first-order chi connectivity index (χ1) is 10.5. The standard InChI is InChI=1S/C17H25NO3S/c1-13-4-3-5-14(2)18(13)17(20)12-22(21)11-16-8-6-15(10-19)7-9-16/h6-9,13-14,19H,3-5,10-12H2,1-2H3. The normalized spacial score (nSPS) is 23.3. The zero-order valence-electron chi connectivity index (χ0n) is 13.3. The van der Waals surface area contributed by atoms with Gasteiger partial charge in [-0.05, 0) is 44.2 Å². The summed E-state index contributed by atoms with van der Waals surface area (Å²) in [6, 6.07) is 7.86.